The normalized spacial score (nSPS) is 27.3. The third-order valence-electron chi connectivity index (χ3n) is 4.87. The molecule has 0 saturated heterocycles. The Labute approximate surface area is 135 Å². The summed E-state index contributed by atoms with van der Waals surface area (Å²) in [5, 5.41) is 3.26. The topological polar surface area (TPSA) is 24.5 Å². The summed E-state index contributed by atoms with van der Waals surface area (Å²) < 4.78 is 29.6. The van der Waals surface area contributed by atoms with E-state index in [-0.39, 0.29) is 5.56 Å². The van der Waals surface area contributed by atoms with Gasteiger partial charge < -0.3 is 10.1 Å². The van der Waals surface area contributed by atoms with E-state index < -0.39 is 13.0 Å². The quantitative estimate of drug-likeness (QED) is 0.800. The van der Waals surface area contributed by atoms with Crippen LogP contribution in [-0.4, -0.2) is 43.1 Å². The van der Waals surface area contributed by atoms with Crippen LogP contribution in [0.25, 0.3) is 0 Å². The Morgan fingerprint density at radius 3 is 2.86 bits per heavy atom. The van der Waals surface area contributed by atoms with Crippen molar-refractivity contribution < 1.29 is 13.5 Å². The molecule has 1 aliphatic carbocycles. The zero-order valence-corrected chi connectivity index (χ0v) is 13.8. The van der Waals surface area contributed by atoms with Crippen LogP contribution in [0, 0.1) is 5.92 Å². The molecule has 3 nitrogen and oxygen atoms in total. The standard InChI is InChI=1S/C16H26F2N2OS/c17-15(18)11-21-16-19-13-10-20(9-7-14(13)22-16)8-6-12-4-2-1-3-5-12/h12,15-16,19H,1-11H2. The number of hydrogen-bond donors (Lipinski definition) is 1. The maximum atomic E-state index is 12.2. The number of hydrogen-bond acceptors (Lipinski definition) is 4. The first-order chi connectivity index (χ1) is 10.7. The Kier molecular flexibility index (Phi) is 5.99. The molecule has 22 heavy (non-hydrogen) atoms. The van der Waals surface area contributed by atoms with E-state index in [2.05, 4.69) is 10.2 Å². The molecule has 1 saturated carbocycles. The second kappa shape index (κ2) is 7.97. The Bertz CT molecular complexity index is 400. The van der Waals surface area contributed by atoms with Crippen LogP contribution in [0.1, 0.15) is 44.9 Å². The molecule has 0 radical (unpaired) electrons. The van der Waals surface area contributed by atoms with Crippen molar-refractivity contribution >= 4 is 11.8 Å². The van der Waals surface area contributed by atoms with E-state index in [1.165, 1.54) is 49.1 Å². The summed E-state index contributed by atoms with van der Waals surface area (Å²) in [6, 6.07) is 0. The number of ether oxygens (including phenoxy) is 1. The molecule has 3 aliphatic rings. The highest BCUT2D eigenvalue weighted by Crippen LogP contribution is 2.36. The summed E-state index contributed by atoms with van der Waals surface area (Å²) >= 11 is 1.57. The second-order valence-electron chi connectivity index (χ2n) is 6.54. The number of halogens is 2. The predicted octanol–water partition coefficient (Wildman–Crippen LogP) is 3.78. The van der Waals surface area contributed by atoms with E-state index in [4.69, 9.17) is 4.74 Å². The maximum absolute atomic E-state index is 12.2. The summed E-state index contributed by atoms with van der Waals surface area (Å²) in [7, 11) is 0. The minimum atomic E-state index is -2.40. The monoisotopic (exact) mass is 332 g/mol. The molecule has 6 heteroatoms. The smallest absolute Gasteiger partial charge is 0.261 e. The molecular formula is C16H26F2N2OS. The Hall–Kier alpha value is -0.330. The van der Waals surface area contributed by atoms with Crippen LogP contribution in [0.4, 0.5) is 8.78 Å². The molecule has 1 N–H and O–H groups in total. The molecule has 2 aliphatic heterocycles. The molecule has 0 spiro atoms. The molecule has 3 rings (SSSR count). The van der Waals surface area contributed by atoms with Crippen molar-refractivity contribution in [1.29, 1.82) is 0 Å². The van der Waals surface area contributed by atoms with E-state index in [1.54, 1.807) is 11.8 Å². The van der Waals surface area contributed by atoms with Gasteiger partial charge >= 0.3 is 0 Å². The van der Waals surface area contributed by atoms with Gasteiger partial charge in [-0.15, -0.1) is 0 Å². The lowest BCUT2D eigenvalue weighted by Gasteiger charge is -2.30. The predicted molar refractivity (Wildman–Crippen MR) is 85.7 cm³/mol. The van der Waals surface area contributed by atoms with Crippen molar-refractivity contribution in [3.05, 3.63) is 10.6 Å². The van der Waals surface area contributed by atoms with Crippen LogP contribution in [-0.2, 0) is 4.74 Å². The second-order valence-corrected chi connectivity index (χ2v) is 7.70. The van der Waals surface area contributed by atoms with Crippen molar-refractivity contribution in [2.24, 2.45) is 5.92 Å². The van der Waals surface area contributed by atoms with Gasteiger partial charge in [0, 0.05) is 23.7 Å². The fraction of sp³-hybridized carbons (Fsp3) is 0.875. The lowest BCUT2D eigenvalue weighted by Crippen LogP contribution is -2.36. The number of nitrogens with zero attached hydrogens (tertiary/aromatic N) is 1. The fourth-order valence-corrected chi connectivity index (χ4v) is 4.71. The first-order valence-electron chi connectivity index (χ1n) is 8.48. The van der Waals surface area contributed by atoms with Gasteiger partial charge in [0.05, 0.1) is 0 Å². The largest absolute Gasteiger partial charge is 0.353 e. The molecule has 1 unspecified atom stereocenters. The molecule has 0 aromatic heterocycles. The highest BCUT2D eigenvalue weighted by Gasteiger charge is 2.30. The van der Waals surface area contributed by atoms with Crippen LogP contribution in [0.3, 0.4) is 0 Å². The van der Waals surface area contributed by atoms with E-state index in [9.17, 15) is 8.78 Å². The number of rotatable bonds is 6. The van der Waals surface area contributed by atoms with E-state index in [0.717, 1.165) is 32.0 Å². The molecule has 2 heterocycles. The fourth-order valence-electron chi connectivity index (χ4n) is 3.63. The number of nitrogens with one attached hydrogen (secondary N) is 1. The average molecular weight is 332 g/mol. The summed E-state index contributed by atoms with van der Waals surface area (Å²) in [5.41, 5.74) is 0.872. The van der Waals surface area contributed by atoms with E-state index in [1.807, 2.05) is 0 Å². The summed E-state index contributed by atoms with van der Waals surface area (Å²) in [5.74, 6) is 0.914. The van der Waals surface area contributed by atoms with Gasteiger partial charge in [-0.05, 0) is 25.3 Å². The maximum Gasteiger partial charge on any atom is 0.261 e. The Balaban J connectivity index is 1.40. The lowest BCUT2D eigenvalue weighted by atomic mass is 9.87. The van der Waals surface area contributed by atoms with Crippen LogP contribution in [0.2, 0.25) is 0 Å². The van der Waals surface area contributed by atoms with Crippen molar-refractivity contribution in [2.75, 3.05) is 26.2 Å². The number of thioether (sulfide) groups is 1. The minimum absolute atomic E-state index is 0.322. The van der Waals surface area contributed by atoms with Gasteiger partial charge in [-0.25, -0.2) is 8.78 Å². The van der Waals surface area contributed by atoms with Gasteiger partial charge in [0.25, 0.3) is 6.43 Å². The van der Waals surface area contributed by atoms with Crippen LogP contribution < -0.4 is 5.32 Å². The van der Waals surface area contributed by atoms with Gasteiger partial charge in [0.15, 0.2) is 5.56 Å². The van der Waals surface area contributed by atoms with Crippen molar-refractivity contribution in [3.63, 3.8) is 0 Å². The van der Waals surface area contributed by atoms with Gasteiger partial charge in [-0.3, -0.25) is 4.90 Å². The lowest BCUT2D eigenvalue weighted by molar-refractivity contribution is 0.000857. The van der Waals surface area contributed by atoms with E-state index >= 15 is 0 Å². The van der Waals surface area contributed by atoms with Crippen molar-refractivity contribution in [2.45, 2.75) is 56.9 Å². The minimum Gasteiger partial charge on any atom is -0.353 e. The SMILES string of the molecule is FC(F)COC1NC2=C(CCN(CCC3CCCCC3)C2)S1. The molecular weight excluding hydrogens is 306 g/mol. The number of alkyl halides is 2. The molecule has 0 aromatic carbocycles. The first kappa shape index (κ1) is 16.5. The zero-order valence-electron chi connectivity index (χ0n) is 13.0. The molecule has 1 fully saturated rings. The summed E-state index contributed by atoms with van der Waals surface area (Å²) in [6.07, 6.45) is 6.96. The van der Waals surface area contributed by atoms with Gasteiger partial charge in [-0.1, -0.05) is 43.9 Å². The third-order valence-corrected chi connectivity index (χ3v) is 6.07. The Morgan fingerprint density at radius 2 is 2.09 bits per heavy atom. The molecule has 0 amide bonds. The zero-order chi connectivity index (χ0) is 15.4. The van der Waals surface area contributed by atoms with Gasteiger partial charge in [0.2, 0.25) is 0 Å². The average Bonchev–Trinajstić information content (AvgIpc) is 2.94. The van der Waals surface area contributed by atoms with Crippen LogP contribution >= 0.6 is 11.8 Å². The molecule has 126 valence electrons. The highest BCUT2D eigenvalue weighted by molar-refractivity contribution is 8.03. The summed E-state index contributed by atoms with van der Waals surface area (Å²) in [4.78, 5) is 3.80. The highest BCUT2D eigenvalue weighted by atomic mass is 32.2. The van der Waals surface area contributed by atoms with Crippen molar-refractivity contribution in [1.82, 2.24) is 10.2 Å². The summed E-state index contributed by atoms with van der Waals surface area (Å²) in [6.45, 7) is 2.68. The molecule has 0 bridgehead atoms. The molecule has 1 atom stereocenters. The van der Waals surface area contributed by atoms with Gasteiger partial charge in [0.1, 0.15) is 6.61 Å². The third kappa shape index (κ3) is 4.59. The van der Waals surface area contributed by atoms with E-state index in [0.29, 0.717) is 0 Å². The first-order valence-corrected chi connectivity index (χ1v) is 9.36. The van der Waals surface area contributed by atoms with Crippen molar-refractivity contribution in [3.8, 4) is 0 Å². The molecule has 0 aromatic rings. The van der Waals surface area contributed by atoms with Crippen LogP contribution in [0.15, 0.2) is 10.6 Å². The van der Waals surface area contributed by atoms with Gasteiger partial charge in [-0.2, -0.15) is 0 Å². The van der Waals surface area contributed by atoms with Crippen LogP contribution in [0.5, 0.6) is 0 Å². The Morgan fingerprint density at radius 1 is 1.27 bits per heavy atom.